The number of carbonyl (C=O) groups excluding carboxylic acids is 1. The first-order valence-corrected chi connectivity index (χ1v) is 11.0. The monoisotopic (exact) mass is 437 g/mol. The Labute approximate surface area is 188 Å². The van der Waals surface area contributed by atoms with Crippen molar-refractivity contribution < 1.29 is 24.9 Å². The number of carbonyl (C=O) groups is 1. The van der Waals surface area contributed by atoms with E-state index in [0.29, 0.717) is 6.42 Å². The molecule has 0 saturated carbocycles. The Morgan fingerprint density at radius 2 is 1.65 bits per heavy atom. The maximum absolute atomic E-state index is 11.4. The highest BCUT2D eigenvalue weighted by Crippen LogP contribution is 2.28. The molecule has 0 fully saturated rings. The summed E-state index contributed by atoms with van der Waals surface area (Å²) < 4.78 is 5.32. The molecule has 0 spiro atoms. The van der Waals surface area contributed by atoms with Gasteiger partial charge in [0.25, 0.3) is 0 Å². The standard InChI is InChI=1S/C25H43NO5/c1-8-9-11-18(4)24(31-25(26)30)21(7)23(29)20(6)15-16(2)14-19(5)22(28)17(3)12-10-13-27/h8-12,14,17-24,27-29H,1,13,15H2,2-7H3,(H2,26,30)/b11-9-,12-10-,16-14-. The van der Waals surface area contributed by atoms with Crippen molar-refractivity contribution in [3.05, 3.63) is 48.6 Å². The fraction of sp³-hybridized carbons (Fsp3) is 0.640. The zero-order valence-electron chi connectivity index (χ0n) is 19.9. The van der Waals surface area contributed by atoms with Crippen LogP contribution >= 0.6 is 0 Å². The average molecular weight is 438 g/mol. The van der Waals surface area contributed by atoms with Crippen LogP contribution in [0.3, 0.4) is 0 Å². The largest absolute Gasteiger partial charge is 0.445 e. The molecule has 0 aliphatic rings. The summed E-state index contributed by atoms with van der Waals surface area (Å²) in [6, 6.07) is 0. The summed E-state index contributed by atoms with van der Waals surface area (Å²) in [7, 11) is 0. The SMILES string of the molecule is C=C/C=C\C(C)C(OC(N)=O)C(C)C(O)C(C)C/C(C)=C\C(C)C(O)C(C)/C=C\CO. The van der Waals surface area contributed by atoms with Gasteiger partial charge >= 0.3 is 6.09 Å². The van der Waals surface area contributed by atoms with E-state index < -0.39 is 24.4 Å². The van der Waals surface area contributed by atoms with Gasteiger partial charge in [0.1, 0.15) is 6.10 Å². The molecule has 6 nitrogen and oxygen atoms in total. The lowest BCUT2D eigenvalue weighted by Crippen LogP contribution is -2.41. The van der Waals surface area contributed by atoms with Gasteiger partial charge in [-0.05, 0) is 19.3 Å². The van der Waals surface area contributed by atoms with E-state index >= 15 is 0 Å². The van der Waals surface area contributed by atoms with Crippen LogP contribution in [0, 0.1) is 29.6 Å². The molecule has 0 aliphatic heterocycles. The van der Waals surface area contributed by atoms with Gasteiger partial charge in [0.05, 0.1) is 18.8 Å². The Bertz CT molecular complexity index is 627. The van der Waals surface area contributed by atoms with Gasteiger partial charge in [0, 0.05) is 23.7 Å². The number of nitrogens with two attached hydrogens (primary N) is 1. The lowest BCUT2D eigenvalue weighted by atomic mass is 9.81. The highest BCUT2D eigenvalue weighted by Gasteiger charge is 2.33. The zero-order chi connectivity index (χ0) is 24.1. The molecule has 6 heteroatoms. The predicted molar refractivity (Wildman–Crippen MR) is 126 cm³/mol. The normalized spacial score (nSPS) is 20.6. The summed E-state index contributed by atoms with van der Waals surface area (Å²) in [5, 5.41) is 30.3. The van der Waals surface area contributed by atoms with Crippen molar-refractivity contribution in [2.24, 2.45) is 35.3 Å². The zero-order valence-corrected chi connectivity index (χ0v) is 19.9. The molecule has 178 valence electrons. The molecule has 0 bridgehead atoms. The second-order valence-corrected chi connectivity index (χ2v) is 8.74. The van der Waals surface area contributed by atoms with Gasteiger partial charge in [0.15, 0.2) is 0 Å². The van der Waals surface area contributed by atoms with Crippen molar-refractivity contribution in [1.29, 1.82) is 0 Å². The fourth-order valence-corrected chi connectivity index (χ4v) is 4.02. The third-order valence-electron chi connectivity index (χ3n) is 5.77. The molecule has 8 atom stereocenters. The summed E-state index contributed by atoms with van der Waals surface area (Å²) in [5.41, 5.74) is 6.32. The molecule has 0 radical (unpaired) electrons. The molecule has 5 N–H and O–H groups in total. The Hall–Kier alpha value is -1.89. The molecule has 0 saturated heterocycles. The molecular weight excluding hydrogens is 394 g/mol. The number of hydrogen-bond donors (Lipinski definition) is 4. The topological polar surface area (TPSA) is 113 Å². The summed E-state index contributed by atoms with van der Waals surface area (Å²) in [6.07, 6.45) is 8.70. The first-order chi connectivity index (χ1) is 14.5. The smallest absolute Gasteiger partial charge is 0.404 e. The van der Waals surface area contributed by atoms with Crippen LogP contribution in [0.1, 0.15) is 48.0 Å². The summed E-state index contributed by atoms with van der Waals surface area (Å²) >= 11 is 0. The van der Waals surface area contributed by atoms with Crippen molar-refractivity contribution >= 4 is 6.09 Å². The number of amides is 1. The number of primary amides is 1. The lowest BCUT2D eigenvalue weighted by Gasteiger charge is -2.33. The maximum Gasteiger partial charge on any atom is 0.404 e. The van der Waals surface area contributed by atoms with Crippen LogP contribution in [0.4, 0.5) is 4.79 Å². The van der Waals surface area contributed by atoms with Crippen molar-refractivity contribution in [3.8, 4) is 0 Å². The van der Waals surface area contributed by atoms with Crippen molar-refractivity contribution in [2.75, 3.05) is 6.61 Å². The van der Waals surface area contributed by atoms with Gasteiger partial charge in [-0.2, -0.15) is 0 Å². The minimum absolute atomic E-state index is 0.0453. The van der Waals surface area contributed by atoms with Crippen LogP contribution in [0.25, 0.3) is 0 Å². The van der Waals surface area contributed by atoms with E-state index in [4.69, 9.17) is 15.6 Å². The van der Waals surface area contributed by atoms with E-state index in [1.54, 1.807) is 24.3 Å². The summed E-state index contributed by atoms with van der Waals surface area (Å²) in [5.74, 6) is -0.702. The van der Waals surface area contributed by atoms with Crippen molar-refractivity contribution in [2.45, 2.75) is 66.3 Å². The Morgan fingerprint density at radius 3 is 2.16 bits per heavy atom. The molecule has 0 rings (SSSR count). The van der Waals surface area contributed by atoms with E-state index in [0.717, 1.165) is 5.57 Å². The van der Waals surface area contributed by atoms with Gasteiger partial charge in [0.2, 0.25) is 0 Å². The molecule has 0 aromatic rings. The van der Waals surface area contributed by atoms with Crippen LogP contribution in [0.5, 0.6) is 0 Å². The Kier molecular flexibility index (Phi) is 14.1. The quantitative estimate of drug-likeness (QED) is 0.242. The van der Waals surface area contributed by atoms with Gasteiger partial charge < -0.3 is 25.8 Å². The van der Waals surface area contributed by atoms with Gasteiger partial charge in [-0.1, -0.05) is 83.2 Å². The summed E-state index contributed by atoms with van der Waals surface area (Å²) in [6.45, 7) is 15.2. The second kappa shape index (κ2) is 15.0. The number of ether oxygens (including phenoxy) is 1. The molecular formula is C25H43NO5. The third-order valence-corrected chi connectivity index (χ3v) is 5.77. The van der Waals surface area contributed by atoms with Crippen LogP contribution in [0.2, 0.25) is 0 Å². The van der Waals surface area contributed by atoms with Crippen molar-refractivity contribution in [3.63, 3.8) is 0 Å². The summed E-state index contributed by atoms with van der Waals surface area (Å²) in [4.78, 5) is 11.4. The number of aliphatic hydroxyl groups excluding tert-OH is 3. The van der Waals surface area contributed by atoms with Gasteiger partial charge in [-0.3, -0.25) is 0 Å². The Morgan fingerprint density at radius 1 is 1.03 bits per heavy atom. The fourth-order valence-electron chi connectivity index (χ4n) is 4.02. The predicted octanol–water partition coefficient (Wildman–Crippen LogP) is 3.98. The molecule has 31 heavy (non-hydrogen) atoms. The average Bonchev–Trinajstić information content (AvgIpc) is 2.71. The molecule has 1 amide bonds. The Balaban J connectivity index is 5.20. The third kappa shape index (κ3) is 10.8. The number of aliphatic hydroxyl groups is 3. The lowest BCUT2D eigenvalue weighted by molar-refractivity contribution is -0.0266. The highest BCUT2D eigenvalue weighted by molar-refractivity contribution is 5.64. The van der Waals surface area contributed by atoms with E-state index in [1.807, 2.05) is 53.7 Å². The van der Waals surface area contributed by atoms with Crippen LogP contribution in [-0.2, 0) is 4.74 Å². The van der Waals surface area contributed by atoms with E-state index in [-0.39, 0.29) is 36.2 Å². The number of allylic oxidation sites excluding steroid dienone is 3. The first-order valence-electron chi connectivity index (χ1n) is 11.0. The van der Waals surface area contributed by atoms with E-state index in [9.17, 15) is 15.0 Å². The van der Waals surface area contributed by atoms with Crippen molar-refractivity contribution in [1.82, 2.24) is 0 Å². The first kappa shape index (κ1) is 29.1. The number of rotatable bonds is 14. The molecule has 0 heterocycles. The minimum atomic E-state index is -0.862. The van der Waals surface area contributed by atoms with Gasteiger partial charge in [-0.25, -0.2) is 4.79 Å². The maximum atomic E-state index is 11.4. The highest BCUT2D eigenvalue weighted by atomic mass is 16.6. The van der Waals surface area contributed by atoms with Crippen LogP contribution < -0.4 is 5.73 Å². The number of hydrogen-bond acceptors (Lipinski definition) is 5. The molecule has 8 unspecified atom stereocenters. The van der Waals surface area contributed by atoms with Gasteiger partial charge in [-0.15, -0.1) is 0 Å². The van der Waals surface area contributed by atoms with E-state index in [2.05, 4.69) is 6.58 Å². The minimum Gasteiger partial charge on any atom is -0.445 e. The molecule has 0 aliphatic carbocycles. The van der Waals surface area contributed by atoms with E-state index in [1.165, 1.54) is 0 Å². The molecule has 0 aromatic heterocycles. The second-order valence-electron chi connectivity index (χ2n) is 8.74. The van der Waals surface area contributed by atoms with Crippen LogP contribution in [0.15, 0.2) is 48.6 Å². The van der Waals surface area contributed by atoms with Crippen LogP contribution in [-0.4, -0.2) is 46.3 Å². The molecule has 0 aromatic carbocycles.